The minimum Gasteiger partial charge on any atom is -0.508 e. The van der Waals surface area contributed by atoms with Crippen LogP contribution in [0.2, 0.25) is 5.02 Å². The van der Waals surface area contributed by atoms with Crippen molar-refractivity contribution in [2.24, 2.45) is 0 Å². The SMILES string of the molecule is Oc1ccc(C=Cc2cc(O)cc(O)c2Cl)cc1. The van der Waals surface area contributed by atoms with Crippen molar-refractivity contribution in [1.29, 1.82) is 0 Å². The van der Waals surface area contributed by atoms with Crippen molar-refractivity contribution in [3.63, 3.8) is 0 Å². The minimum atomic E-state index is -0.165. The Morgan fingerprint density at radius 1 is 0.833 bits per heavy atom. The third-order valence-corrected chi connectivity index (χ3v) is 2.83. The third-order valence-electron chi connectivity index (χ3n) is 2.41. The van der Waals surface area contributed by atoms with E-state index in [1.807, 2.05) is 0 Å². The van der Waals surface area contributed by atoms with Gasteiger partial charge in [-0.1, -0.05) is 35.9 Å². The number of hydrogen-bond acceptors (Lipinski definition) is 3. The van der Waals surface area contributed by atoms with Gasteiger partial charge in [0.05, 0.1) is 5.02 Å². The second kappa shape index (κ2) is 5.02. The Bertz CT molecular complexity index is 589. The molecular formula is C14H11ClO3. The quantitative estimate of drug-likeness (QED) is 0.725. The maximum atomic E-state index is 9.46. The molecule has 0 amide bonds. The fraction of sp³-hybridized carbons (Fsp3) is 0. The second-order valence-corrected chi connectivity index (χ2v) is 4.17. The molecule has 0 aromatic heterocycles. The van der Waals surface area contributed by atoms with E-state index in [9.17, 15) is 10.2 Å². The zero-order chi connectivity index (χ0) is 13.1. The summed E-state index contributed by atoms with van der Waals surface area (Å²) in [6.07, 6.45) is 3.44. The molecule has 0 aliphatic carbocycles. The van der Waals surface area contributed by atoms with Crippen molar-refractivity contribution >= 4 is 23.8 Å². The highest BCUT2D eigenvalue weighted by Gasteiger charge is 2.05. The highest BCUT2D eigenvalue weighted by atomic mass is 35.5. The van der Waals surface area contributed by atoms with Gasteiger partial charge in [0, 0.05) is 11.6 Å². The van der Waals surface area contributed by atoms with Gasteiger partial charge in [0.15, 0.2) is 0 Å². The molecule has 0 atom stereocenters. The summed E-state index contributed by atoms with van der Waals surface area (Å²) in [5, 5.41) is 28.2. The first kappa shape index (κ1) is 12.3. The number of hydrogen-bond donors (Lipinski definition) is 3. The first-order chi connectivity index (χ1) is 8.56. The summed E-state index contributed by atoms with van der Waals surface area (Å²) in [5.74, 6) is -0.0236. The normalized spacial score (nSPS) is 10.9. The van der Waals surface area contributed by atoms with Gasteiger partial charge in [0.2, 0.25) is 0 Å². The van der Waals surface area contributed by atoms with Crippen LogP contribution >= 0.6 is 11.6 Å². The van der Waals surface area contributed by atoms with Crippen LogP contribution in [0, 0.1) is 0 Å². The number of halogens is 1. The standard InChI is InChI=1S/C14H11ClO3/c15-14-10(7-12(17)8-13(14)18)4-1-9-2-5-11(16)6-3-9/h1-8,16-18H. The number of aromatic hydroxyl groups is 3. The largest absolute Gasteiger partial charge is 0.508 e. The van der Waals surface area contributed by atoms with Gasteiger partial charge in [-0.3, -0.25) is 0 Å². The van der Waals surface area contributed by atoms with Crippen LogP contribution in [0.1, 0.15) is 11.1 Å². The average molecular weight is 263 g/mol. The molecular weight excluding hydrogens is 252 g/mol. The first-order valence-electron chi connectivity index (χ1n) is 5.25. The van der Waals surface area contributed by atoms with Crippen molar-refractivity contribution in [2.75, 3.05) is 0 Å². The smallest absolute Gasteiger partial charge is 0.138 e. The van der Waals surface area contributed by atoms with E-state index in [4.69, 9.17) is 16.7 Å². The van der Waals surface area contributed by atoms with E-state index in [1.165, 1.54) is 12.1 Å². The predicted molar refractivity (Wildman–Crippen MR) is 71.8 cm³/mol. The number of rotatable bonds is 2. The summed E-state index contributed by atoms with van der Waals surface area (Å²) in [4.78, 5) is 0. The molecule has 0 unspecified atom stereocenters. The molecule has 0 aliphatic heterocycles. The molecule has 0 aliphatic rings. The van der Waals surface area contributed by atoms with Crippen LogP contribution in [-0.2, 0) is 0 Å². The van der Waals surface area contributed by atoms with E-state index >= 15 is 0 Å². The molecule has 3 N–H and O–H groups in total. The lowest BCUT2D eigenvalue weighted by molar-refractivity contribution is 0.450. The lowest BCUT2D eigenvalue weighted by atomic mass is 10.1. The lowest BCUT2D eigenvalue weighted by Crippen LogP contribution is -1.78. The van der Waals surface area contributed by atoms with Crippen LogP contribution in [0.5, 0.6) is 17.2 Å². The van der Waals surface area contributed by atoms with Gasteiger partial charge in [-0.2, -0.15) is 0 Å². The van der Waals surface area contributed by atoms with Crippen molar-refractivity contribution < 1.29 is 15.3 Å². The second-order valence-electron chi connectivity index (χ2n) is 3.79. The molecule has 0 fully saturated rings. The molecule has 0 radical (unpaired) electrons. The first-order valence-corrected chi connectivity index (χ1v) is 5.62. The minimum absolute atomic E-state index is 0.0535. The van der Waals surface area contributed by atoms with Crippen molar-refractivity contribution in [3.8, 4) is 17.2 Å². The molecule has 2 aromatic carbocycles. The highest BCUT2D eigenvalue weighted by Crippen LogP contribution is 2.32. The van der Waals surface area contributed by atoms with Crippen LogP contribution < -0.4 is 0 Å². The highest BCUT2D eigenvalue weighted by molar-refractivity contribution is 6.33. The van der Waals surface area contributed by atoms with Gasteiger partial charge >= 0.3 is 0 Å². The van der Waals surface area contributed by atoms with Gasteiger partial charge in [0.1, 0.15) is 17.2 Å². The average Bonchev–Trinajstić information content (AvgIpc) is 2.34. The van der Waals surface area contributed by atoms with Crippen LogP contribution in [0.15, 0.2) is 36.4 Å². The van der Waals surface area contributed by atoms with Crippen molar-refractivity contribution in [1.82, 2.24) is 0 Å². The van der Waals surface area contributed by atoms with Crippen molar-refractivity contribution in [3.05, 3.63) is 52.5 Å². The molecule has 92 valence electrons. The van der Waals surface area contributed by atoms with E-state index in [-0.39, 0.29) is 22.3 Å². The van der Waals surface area contributed by atoms with Crippen LogP contribution in [-0.4, -0.2) is 15.3 Å². The van der Waals surface area contributed by atoms with Gasteiger partial charge in [0.25, 0.3) is 0 Å². The fourth-order valence-corrected chi connectivity index (χ4v) is 1.68. The summed E-state index contributed by atoms with van der Waals surface area (Å²) < 4.78 is 0. The Labute approximate surface area is 109 Å². The van der Waals surface area contributed by atoms with E-state index in [1.54, 1.807) is 36.4 Å². The Morgan fingerprint density at radius 2 is 1.50 bits per heavy atom. The van der Waals surface area contributed by atoms with Crippen LogP contribution in [0.3, 0.4) is 0 Å². The van der Waals surface area contributed by atoms with Gasteiger partial charge < -0.3 is 15.3 Å². The Kier molecular flexibility index (Phi) is 3.44. The Morgan fingerprint density at radius 3 is 2.17 bits per heavy atom. The Hall–Kier alpha value is -2.13. The lowest BCUT2D eigenvalue weighted by Gasteiger charge is -2.02. The van der Waals surface area contributed by atoms with E-state index < -0.39 is 0 Å². The molecule has 2 aromatic rings. The summed E-state index contributed by atoms with van der Waals surface area (Å²) >= 11 is 5.90. The van der Waals surface area contributed by atoms with E-state index in [0.717, 1.165) is 5.56 Å². The number of phenolic OH excluding ortho intramolecular Hbond substituents is 3. The van der Waals surface area contributed by atoms with Gasteiger partial charge in [-0.15, -0.1) is 0 Å². The molecule has 3 nitrogen and oxygen atoms in total. The fourth-order valence-electron chi connectivity index (χ4n) is 1.51. The summed E-state index contributed by atoms with van der Waals surface area (Å²) in [6.45, 7) is 0. The van der Waals surface area contributed by atoms with Gasteiger partial charge in [-0.05, 0) is 23.8 Å². The summed E-state index contributed by atoms with van der Waals surface area (Å²) in [6, 6.07) is 9.26. The maximum absolute atomic E-state index is 9.46. The number of benzene rings is 2. The molecule has 0 heterocycles. The van der Waals surface area contributed by atoms with Crippen LogP contribution in [0.25, 0.3) is 12.2 Å². The van der Waals surface area contributed by atoms with Crippen LogP contribution in [0.4, 0.5) is 0 Å². The number of phenols is 3. The zero-order valence-electron chi connectivity index (χ0n) is 9.34. The topological polar surface area (TPSA) is 60.7 Å². The molecule has 0 saturated heterocycles. The molecule has 0 bridgehead atoms. The molecule has 0 saturated carbocycles. The van der Waals surface area contributed by atoms with E-state index in [2.05, 4.69) is 0 Å². The zero-order valence-corrected chi connectivity index (χ0v) is 10.1. The van der Waals surface area contributed by atoms with E-state index in [0.29, 0.717) is 5.56 Å². The predicted octanol–water partition coefficient (Wildman–Crippen LogP) is 3.63. The Balaban J connectivity index is 2.31. The third kappa shape index (κ3) is 2.76. The molecule has 0 spiro atoms. The van der Waals surface area contributed by atoms with Crippen molar-refractivity contribution in [2.45, 2.75) is 0 Å². The maximum Gasteiger partial charge on any atom is 0.138 e. The summed E-state index contributed by atoms with van der Waals surface area (Å²) in [5.41, 5.74) is 1.38. The van der Waals surface area contributed by atoms with Gasteiger partial charge in [-0.25, -0.2) is 0 Å². The molecule has 4 heteroatoms. The monoisotopic (exact) mass is 262 g/mol. The molecule has 2 rings (SSSR count). The summed E-state index contributed by atoms with van der Waals surface area (Å²) in [7, 11) is 0. The molecule has 18 heavy (non-hydrogen) atoms.